The van der Waals surface area contributed by atoms with Crippen LogP contribution < -0.4 is 11.1 Å². The number of nitrogens with zero attached hydrogens (tertiary/aromatic N) is 2. The summed E-state index contributed by atoms with van der Waals surface area (Å²) in [5.74, 6) is -2.48. The quantitative estimate of drug-likeness (QED) is 0.457. The van der Waals surface area contributed by atoms with E-state index < -0.39 is 46.4 Å². The minimum Gasteiger partial charge on any atom is -0.445 e. The standard InChI is InChI=1S/C22H23FN4O6/c23-16-9-8-15(12-19(16)27(31)32)11-17(20(24)28)25-21(29)18-7-4-10-26(18)22(30)33-13-14-5-2-1-3-6-14/h1-3,5-6,8-9,12,17-18H,4,7,10-11,13H2,(H2,24,28)(H,25,29)/t17-,18-/m1/s1. The van der Waals surface area contributed by atoms with Gasteiger partial charge in [-0.05, 0) is 30.0 Å². The first-order valence-corrected chi connectivity index (χ1v) is 10.3. The van der Waals surface area contributed by atoms with Crippen LogP contribution in [0.2, 0.25) is 0 Å². The van der Waals surface area contributed by atoms with Crippen molar-refractivity contribution in [2.45, 2.75) is 38.0 Å². The third-order valence-corrected chi connectivity index (χ3v) is 5.30. The Morgan fingerprint density at radius 3 is 2.61 bits per heavy atom. The Morgan fingerprint density at radius 2 is 1.94 bits per heavy atom. The van der Waals surface area contributed by atoms with Gasteiger partial charge < -0.3 is 15.8 Å². The van der Waals surface area contributed by atoms with E-state index in [1.54, 1.807) is 12.1 Å². The molecule has 0 radical (unpaired) electrons. The number of nitro groups is 1. The van der Waals surface area contributed by atoms with Crippen LogP contribution in [0.5, 0.6) is 0 Å². The van der Waals surface area contributed by atoms with Crippen molar-refractivity contribution in [1.29, 1.82) is 0 Å². The molecule has 1 fully saturated rings. The molecule has 1 aliphatic rings. The maximum atomic E-state index is 13.6. The van der Waals surface area contributed by atoms with Gasteiger partial charge in [-0.3, -0.25) is 24.6 Å². The maximum absolute atomic E-state index is 13.6. The van der Waals surface area contributed by atoms with Gasteiger partial charge in [-0.25, -0.2) is 4.79 Å². The Bertz CT molecular complexity index is 1050. The molecule has 0 saturated carbocycles. The normalized spacial score (nSPS) is 16.2. The first kappa shape index (κ1) is 23.6. The van der Waals surface area contributed by atoms with Gasteiger partial charge >= 0.3 is 11.8 Å². The lowest BCUT2D eigenvalue weighted by Crippen LogP contribution is -2.53. The molecule has 33 heavy (non-hydrogen) atoms. The zero-order valence-corrected chi connectivity index (χ0v) is 17.6. The highest BCUT2D eigenvalue weighted by molar-refractivity contribution is 5.91. The van der Waals surface area contributed by atoms with Gasteiger partial charge in [-0.2, -0.15) is 4.39 Å². The largest absolute Gasteiger partial charge is 0.445 e. The number of hydrogen-bond donors (Lipinski definition) is 2. The minimum absolute atomic E-state index is 0.0533. The van der Waals surface area contributed by atoms with E-state index in [0.29, 0.717) is 19.4 Å². The zero-order chi connectivity index (χ0) is 24.0. The number of ether oxygens (including phenoxy) is 1. The molecule has 2 aromatic carbocycles. The molecule has 0 spiro atoms. The van der Waals surface area contributed by atoms with Gasteiger partial charge in [0.2, 0.25) is 17.6 Å². The van der Waals surface area contributed by atoms with Crippen molar-refractivity contribution in [2.75, 3.05) is 6.54 Å². The van der Waals surface area contributed by atoms with E-state index in [2.05, 4.69) is 5.32 Å². The SMILES string of the molecule is NC(=O)[C@@H](Cc1ccc(F)c([N+](=O)[O-])c1)NC(=O)[C@H]1CCCN1C(=O)OCc1ccccc1. The molecule has 3 rings (SSSR count). The van der Waals surface area contributed by atoms with Gasteiger partial charge in [-0.15, -0.1) is 0 Å². The number of carbonyl (C=O) groups excluding carboxylic acids is 3. The van der Waals surface area contributed by atoms with E-state index in [1.807, 2.05) is 18.2 Å². The van der Waals surface area contributed by atoms with Crippen LogP contribution in [-0.4, -0.2) is 46.4 Å². The molecule has 1 aliphatic heterocycles. The second-order valence-corrected chi connectivity index (χ2v) is 7.60. The summed E-state index contributed by atoms with van der Waals surface area (Å²) < 4.78 is 18.9. The summed E-state index contributed by atoms with van der Waals surface area (Å²) in [4.78, 5) is 48.6. The van der Waals surface area contributed by atoms with Crippen LogP contribution in [0, 0.1) is 15.9 Å². The average Bonchev–Trinajstić information content (AvgIpc) is 3.29. The van der Waals surface area contributed by atoms with Crippen LogP contribution in [0.1, 0.15) is 24.0 Å². The number of primary amides is 1. The van der Waals surface area contributed by atoms with Gasteiger partial charge in [0, 0.05) is 19.0 Å². The highest BCUT2D eigenvalue weighted by Crippen LogP contribution is 2.21. The lowest BCUT2D eigenvalue weighted by Gasteiger charge is -2.25. The molecule has 10 nitrogen and oxygen atoms in total. The van der Waals surface area contributed by atoms with Crippen LogP contribution in [-0.2, 0) is 27.4 Å². The van der Waals surface area contributed by atoms with Crippen molar-refractivity contribution < 1.29 is 28.4 Å². The summed E-state index contributed by atoms with van der Waals surface area (Å²) >= 11 is 0. The third-order valence-electron chi connectivity index (χ3n) is 5.30. The molecular formula is C22H23FN4O6. The minimum atomic E-state index is -1.20. The smallest absolute Gasteiger partial charge is 0.410 e. The molecule has 2 atom stereocenters. The molecule has 1 heterocycles. The number of halogens is 1. The fraction of sp³-hybridized carbons (Fsp3) is 0.318. The lowest BCUT2D eigenvalue weighted by atomic mass is 10.0. The number of carbonyl (C=O) groups is 3. The fourth-order valence-electron chi connectivity index (χ4n) is 3.61. The fourth-order valence-corrected chi connectivity index (χ4v) is 3.61. The Kier molecular flexibility index (Phi) is 7.54. The Morgan fingerprint density at radius 1 is 1.21 bits per heavy atom. The van der Waals surface area contributed by atoms with Crippen LogP contribution in [0.15, 0.2) is 48.5 Å². The molecule has 0 aliphatic carbocycles. The van der Waals surface area contributed by atoms with Crippen molar-refractivity contribution in [2.24, 2.45) is 5.73 Å². The molecule has 0 unspecified atom stereocenters. The monoisotopic (exact) mass is 458 g/mol. The zero-order valence-electron chi connectivity index (χ0n) is 17.6. The van der Waals surface area contributed by atoms with E-state index in [9.17, 15) is 28.9 Å². The second-order valence-electron chi connectivity index (χ2n) is 7.60. The summed E-state index contributed by atoms with van der Waals surface area (Å²) in [5, 5.41) is 13.4. The molecule has 3 N–H and O–H groups in total. The van der Waals surface area contributed by atoms with Crippen LogP contribution >= 0.6 is 0 Å². The number of hydrogen-bond acceptors (Lipinski definition) is 6. The van der Waals surface area contributed by atoms with E-state index in [1.165, 1.54) is 11.0 Å². The second kappa shape index (κ2) is 10.5. The van der Waals surface area contributed by atoms with Crippen molar-refractivity contribution in [1.82, 2.24) is 10.2 Å². The summed E-state index contributed by atoms with van der Waals surface area (Å²) in [6.45, 7) is 0.370. The number of benzene rings is 2. The van der Waals surface area contributed by atoms with Gasteiger partial charge in [0.25, 0.3) is 0 Å². The third kappa shape index (κ3) is 6.03. The van der Waals surface area contributed by atoms with Crippen molar-refractivity contribution in [3.8, 4) is 0 Å². The van der Waals surface area contributed by atoms with Gasteiger partial charge in [0.1, 0.15) is 18.7 Å². The molecule has 3 amide bonds. The maximum Gasteiger partial charge on any atom is 0.410 e. The lowest BCUT2D eigenvalue weighted by molar-refractivity contribution is -0.387. The topological polar surface area (TPSA) is 145 Å². The first-order chi connectivity index (χ1) is 15.8. The summed E-state index contributed by atoms with van der Waals surface area (Å²) in [5.41, 5.74) is 5.70. The predicted molar refractivity (Wildman–Crippen MR) is 114 cm³/mol. The molecule has 0 bridgehead atoms. The van der Waals surface area contributed by atoms with Crippen LogP contribution in [0.25, 0.3) is 0 Å². The molecule has 174 valence electrons. The van der Waals surface area contributed by atoms with E-state index in [0.717, 1.165) is 17.7 Å². The Labute approximate surface area is 188 Å². The Hall–Kier alpha value is -4.02. The van der Waals surface area contributed by atoms with Crippen molar-refractivity contribution in [3.05, 3.63) is 75.6 Å². The predicted octanol–water partition coefficient (Wildman–Crippen LogP) is 2.05. The summed E-state index contributed by atoms with van der Waals surface area (Å²) in [6.07, 6.45) is 0.123. The highest BCUT2D eigenvalue weighted by Gasteiger charge is 2.36. The van der Waals surface area contributed by atoms with Crippen molar-refractivity contribution >= 4 is 23.6 Å². The number of amides is 3. The molecule has 2 aromatic rings. The Balaban J connectivity index is 1.64. The van der Waals surface area contributed by atoms with Gasteiger partial charge in [0.05, 0.1) is 4.92 Å². The number of nitrogens with one attached hydrogen (secondary N) is 1. The van der Waals surface area contributed by atoms with E-state index >= 15 is 0 Å². The highest BCUT2D eigenvalue weighted by atomic mass is 19.1. The number of likely N-dealkylation sites (tertiary alicyclic amines) is 1. The summed E-state index contributed by atoms with van der Waals surface area (Å²) in [6, 6.07) is 10.2. The number of nitrogens with two attached hydrogens (primary N) is 1. The van der Waals surface area contributed by atoms with E-state index in [-0.39, 0.29) is 18.6 Å². The van der Waals surface area contributed by atoms with Gasteiger partial charge in [0.15, 0.2) is 0 Å². The van der Waals surface area contributed by atoms with Gasteiger partial charge in [-0.1, -0.05) is 36.4 Å². The van der Waals surface area contributed by atoms with Crippen LogP contribution in [0.3, 0.4) is 0 Å². The molecule has 0 aromatic heterocycles. The molecule has 11 heteroatoms. The van der Waals surface area contributed by atoms with E-state index in [4.69, 9.17) is 10.5 Å². The average molecular weight is 458 g/mol. The molecule has 1 saturated heterocycles. The first-order valence-electron chi connectivity index (χ1n) is 10.3. The number of nitro benzene ring substituents is 1. The van der Waals surface area contributed by atoms with Crippen molar-refractivity contribution in [3.63, 3.8) is 0 Å². The molecular weight excluding hydrogens is 435 g/mol. The summed E-state index contributed by atoms with van der Waals surface area (Å²) in [7, 11) is 0. The number of rotatable bonds is 8. The van der Waals surface area contributed by atoms with Crippen LogP contribution in [0.4, 0.5) is 14.9 Å².